The first-order chi connectivity index (χ1) is 7.61. The van der Waals surface area contributed by atoms with Gasteiger partial charge in [0.15, 0.2) is 5.82 Å². The molecule has 2 N–H and O–H groups in total. The van der Waals surface area contributed by atoms with Crippen LogP contribution in [0.25, 0.3) is 0 Å². The first-order valence-corrected chi connectivity index (χ1v) is 6.05. The third-order valence-electron chi connectivity index (χ3n) is 1.74. The van der Waals surface area contributed by atoms with Crippen LogP contribution in [-0.4, -0.2) is 38.8 Å². The van der Waals surface area contributed by atoms with E-state index in [0.29, 0.717) is 12.2 Å². The zero-order chi connectivity index (χ0) is 12.0. The molecule has 0 saturated heterocycles. The number of hydrogen-bond donors (Lipinski definition) is 2. The van der Waals surface area contributed by atoms with Crippen molar-refractivity contribution in [1.82, 2.24) is 9.78 Å². The highest BCUT2D eigenvalue weighted by Crippen LogP contribution is 2.04. The van der Waals surface area contributed by atoms with Crippen molar-refractivity contribution in [2.75, 3.05) is 17.3 Å². The Balaban J connectivity index is 2.45. The standard InChI is InChI=1S/C9H13N3O3S/c1-16-5-3-8(13)10-7-2-4-12(11-7)6-9(14)15/h2,4H,3,5-6H2,1H3,(H,14,15)(H,10,11,13). The summed E-state index contributed by atoms with van der Waals surface area (Å²) in [5.41, 5.74) is 0. The molecule has 0 aromatic carbocycles. The molecule has 0 saturated carbocycles. The number of carboxylic acid groups (broad SMARTS) is 1. The molecule has 0 fully saturated rings. The van der Waals surface area contributed by atoms with Crippen LogP contribution in [0.4, 0.5) is 5.82 Å². The molecule has 0 aliphatic rings. The molecule has 1 heterocycles. The van der Waals surface area contributed by atoms with Crippen LogP contribution < -0.4 is 5.32 Å². The number of carboxylic acids is 1. The van der Waals surface area contributed by atoms with Crippen molar-refractivity contribution in [3.63, 3.8) is 0 Å². The van der Waals surface area contributed by atoms with Crippen LogP contribution in [0, 0.1) is 0 Å². The highest BCUT2D eigenvalue weighted by molar-refractivity contribution is 7.98. The highest BCUT2D eigenvalue weighted by Gasteiger charge is 2.05. The van der Waals surface area contributed by atoms with Gasteiger partial charge < -0.3 is 10.4 Å². The summed E-state index contributed by atoms with van der Waals surface area (Å²) in [6.45, 7) is -0.208. The minimum absolute atomic E-state index is 0.116. The van der Waals surface area contributed by atoms with Crippen LogP contribution in [0.5, 0.6) is 0 Å². The summed E-state index contributed by atoms with van der Waals surface area (Å²) in [7, 11) is 0. The van der Waals surface area contributed by atoms with Crippen molar-refractivity contribution in [2.24, 2.45) is 0 Å². The second-order valence-corrected chi connectivity index (χ2v) is 4.07. The summed E-state index contributed by atoms with van der Waals surface area (Å²) in [6, 6.07) is 1.57. The van der Waals surface area contributed by atoms with Gasteiger partial charge >= 0.3 is 5.97 Å². The third-order valence-corrected chi connectivity index (χ3v) is 2.35. The van der Waals surface area contributed by atoms with Crippen LogP contribution in [0.2, 0.25) is 0 Å². The summed E-state index contributed by atoms with van der Waals surface area (Å²) in [5, 5.41) is 15.0. The summed E-state index contributed by atoms with van der Waals surface area (Å²) < 4.78 is 1.26. The number of carbonyl (C=O) groups is 2. The van der Waals surface area contributed by atoms with Gasteiger partial charge in [-0.15, -0.1) is 0 Å². The van der Waals surface area contributed by atoms with Crippen LogP contribution in [0.15, 0.2) is 12.3 Å². The van der Waals surface area contributed by atoms with E-state index in [2.05, 4.69) is 10.4 Å². The molecule has 0 atom stereocenters. The molecule has 0 radical (unpaired) electrons. The van der Waals surface area contributed by atoms with Gasteiger partial charge in [0.1, 0.15) is 6.54 Å². The second kappa shape index (κ2) is 6.16. The molecule has 0 spiro atoms. The Hall–Kier alpha value is -1.50. The number of carbonyl (C=O) groups excluding carboxylic acids is 1. The number of aliphatic carboxylic acids is 1. The second-order valence-electron chi connectivity index (χ2n) is 3.08. The van der Waals surface area contributed by atoms with Crippen molar-refractivity contribution >= 4 is 29.5 Å². The Bertz CT molecular complexity index is 378. The lowest BCUT2D eigenvalue weighted by molar-refractivity contribution is -0.137. The van der Waals surface area contributed by atoms with Crippen molar-refractivity contribution in [2.45, 2.75) is 13.0 Å². The SMILES string of the molecule is CSCCC(=O)Nc1ccn(CC(=O)O)n1. The number of anilines is 1. The predicted molar refractivity (Wildman–Crippen MR) is 61.5 cm³/mol. The van der Waals surface area contributed by atoms with Gasteiger partial charge in [-0.05, 0) is 6.26 Å². The monoisotopic (exact) mass is 243 g/mol. The molecule has 0 unspecified atom stereocenters. The molecule has 16 heavy (non-hydrogen) atoms. The lowest BCUT2D eigenvalue weighted by Gasteiger charge is -2.00. The summed E-state index contributed by atoms with van der Waals surface area (Å²) in [5.74, 6) is 0.0485. The van der Waals surface area contributed by atoms with Gasteiger partial charge in [0.05, 0.1) is 0 Å². The van der Waals surface area contributed by atoms with Crippen LogP contribution >= 0.6 is 11.8 Å². The Labute approximate surface area is 97.0 Å². The largest absolute Gasteiger partial charge is 0.480 e. The molecule has 7 heteroatoms. The van der Waals surface area contributed by atoms with E-state index >= 15 is 0 Å². The fraction of sp³-hybridized carbons (Fsp3) is 0.444. The fourth-order valence-corrected chi connectivity index (χ4v) is 1.44. The average molecular weight is 243 g/mol. The number of aromatic nitrogens is 2. The molecule has 1 amide bonds. The zero-order valence-corrected chi connectivity index (χ0v) is 9.66. The van der Waals surface area contributed by atoms with Gasteiger partial charge in [0, 0.05) is 24.4 Å². The quantitative estimate of drug-likeness (QED) is 0.766. The Morgan fingerprint density at radius 2 is 2.38 bits per heavy atom. The molecule has 6 nitrogen and oxygen atoms in total. The summed E-state index contributed by atoms with van der Waals surface area (Å²) in [4.78, 5) is 21.7. The minimum Gasteiger partial charge on any atom is -0.480 e. The number of nitrogens with zero attached hydrogens (tertiary/aromatic N) is 2. The molecular formula is C9H13N3O3S. The maximum Gasteiger partial charge on any atom is 0.325 e. The smallest absolute Gasteiger partial charge is 0.325 e. The Kier molecular flexibility index (Phi) is 4.84. The molecule has 0 aliphatic heterocycles. The molecule has 88 valence electrons. The normalized spacial score (nSPS) is 10.1. The van der Waals surface area contributed by atoms with E-state index in [0.717, 1.165) is 5.75 Å². The fourth-order valence-electron chi connectivity index (χ4n) is 1.06. The maximum absolute atomic E-state index is 11.3. The molecule has 0 bridgehead atoms. The van der Waals surface area contributed by atoms with Gasteiger partial charge in [0.25, 0.3) is 0 Å². The Morgan fingerprint density at radius 3 is 3.00 bits per heavy atom. The lowest BCUT2D eigenvalue weighted by Crippen LogP contribution is -2.14. The van der Waals surface area contributed by atoms with Gasteiger partial charge in [-0.2, -0.15) is 16.9 Å². The van der Waals surface area contributed by atoms with Crippen molar-refractivity contribution in [1.29, 1.82) is 0 Å². The summed E-state index contributed by atoms with van der Waals surface area (Å²) >= 11 is 1.59. The molecule has 1 aromatic rings. The minimum atomic E-state index is -0.969. The van der Waals surface area contributed by atoms with Crippen LogP contribution in [-0.2, 0) is 16.1 Å². The van der Waals surface area contributed by atoms with E-state index in [1.54, 1.807) is 17.8 Å². The molecular weight excluding hydrogens is 230 g/mol. The van der Waals surface area contributed by atoms with E-state index < -0.39 is 5.97 Å². The number of nitrogens with one attached hydrogen (secondary N) is 1. The van der Waals surface area contributed by atoms with E-state index in [1.165, 1.54) is 10.9 Å². The van der Waals surface area contributed by atoms with Gasteiger partial charge in [0.2, 0.25) is 5.91 Å². The number of hydrogen-bond acceptors (Lipinski definition) is 4. The van der Waals surface area contributed by atoms with Crippen molar-refractivity contribution in [3.05, 3.63) is 12.3 Å². The number of thioether (sulfide) groups is 1. The van der Waals surface area contributed by atoms with Crippen molar-refractivity contribution < 1.29 is 14.7 Å². The van der Waals surface area contributed by atoms with Gasteiger partial charge in [-0.25, -0.2) is 0 Å². The maximum atomic E-state index is 11.3. The topological polar surface area (TPSA) is 84.2 Å². The third kappa shape index (κ3) is 4.35. The first-order valence-electron chi connectivity index (χ1n) is 4.66. The molecule has 1 rings (SSSR count). The van der Waals surface area contributed by atoms with E-state index in [-0.39, 0.29) is 12.5 Å². The summed E-state index contributed by atoms with van der Waals surface area (Å²) in [6.07, 6.45) is 3.86. The average Bonchev–Trinajstić information content (AvgIpc) is 2.61. The van der Waals surface area contributed by atoms with Gasteiger partial charge in [-0.1, -0.05) is 0 Å². The highest BCUT2D eigenvalue weighted by atomic mass is 32.2. The van der Waals surface area contributed by atoms with Crippen LogP contribution in [0.3, 0.4) is 0 Å². The van der Waals surface area contributed by atoms with E-state index in [1.807, 2.05) is 6.26 Å². The molecule has 1 aromatic heterocycles. The number of amides is 1. The van der Waals surface area contributed by atoms with E-state index in [4.69, 9.17) is 5.11 Å². The molecule has 0 aliphatic carbocycles. The van der Waals surface area contributed by atoms with Crippen LogP contribution in [0.1, 0.15) is 6.42 Å². The Morgan fingerprint density at radius 1 is 1.62 bits per heavy atom. The van der Waals surface area contributed by atoms with E-state index in [9.17, 15) is 9.59 Å². The van der Waals surface area contributed by atoms with Crippen molar-refractivity contribution in [3.8, 4) is 0 Å². The lowest BCUT2D eigenvalue weighted by atomic mass is 10.4. The predicted octanol–water partition coefficient (Wildman–Crippen LogP) is 0.659. The number of rotatable bonds is 6. The van der Waals surface area contributed by atoms with Gasteiger partial charge in [-0.3, -0.25) is 14.3 Å². The first kappa shape index (κ1) is 12.6. The zero-order valence-electron chi connectivity index (χ0n) is 8.84.